The summed E-state index contributed by atoms with van der Waals surface area (Å²) in [6.45, 7) is 3.47. The Morgan fingerprint density at radius 1 is 1.39 bits per heavy atom. The first kappa shape index (κ1) is 11.3. The van der Waals surface area contributed by atoms with E-state index >= 15 is 0 Å². The lowest BCUT2D eigenvalue weighted by molar-refractivity contribution is 0.264. The number of aromatic amines is 1. The molecule has 2 aromatic heterocycles. The van der Waals surface area contributed by atoms with Gasteiger partial charge in [0.25, 0.3) is 0 Å². The van der Waals surface area contributed by atoms with Crippen LogP contribution >= 0.6 is 0 Å². The predicted molar refractivity (Wildman–Crippen MR) is 67.2 cm³/mol. The number of hydrogen-bond acceptors (Lipinski definition) is 3. The number of fused-ring (bicyclic) bond motifs is 1. The molecule has 0 radical (unpaired) electrons. The van der Waals surface area contributed by atoms with Crippen LogP contribution in [-0.4, -0.2) is 37.3 Å². The molecule has 0 aromatic carbocycles. The summed E-state index contributed by atoms with van der Waals surface area (Å²) in [6.07, 6.45) is 2.88. The van der Waals surface area contributed by atoms with Gasteiger partial charge in [-0.1, -0.05) is 0 Å². The predicted octanol–water partition coefficient (Wildman–Crippen LogP) is -0.0318. The van der Waals surface area contributed by atoms with Crippen LogP contribution in [0.5, 0.6) is 0 Å². The van der Waals surface area contributed by atoms with Gasteiger partial charge in [-0.2, -0.15) is 5.10 Å². The molecule has 0 saturated heterocycles. The average Bonchev–Trinajstić information content (AvgIpc) is 2.84. The third-order valence-electron chi connectivity index (χ3n) is 3.57. The second-order valence-electron chi connectivity index (χ2n) is 4.73. The quantitative estimate of drug-likeness (QED) is 0.810. The van der Waals surface area contributed by atoms with Crippen molar-refractivity contribution in [3.05, 3.63) is 40.3 Å². The third kappa shape index (κ3) is 1.99. The summed E-state index contributed by atoms with van der Waals surface area (Å²) in [5.74, 6) is 0.870. The number of nitrogens with one attached hydrogen (secondary N) is 1. The van der Waals surface area contributed by atoms with Gasteiger partial charge < -0.3 is 4.57 Å². The van der Waals surface area contributed by atoms with Gasteiger partial charge in [0.1, 0.15) is 5.82 Å². The SMILES string of the molecule is Cn1cccc1CN1CCc2n[nH]c(=O)n2CC1. The first-order valence-corrected chi connectivity index (χ1v) is 6.20. The van der Waals surface area contributed by atoms with Crippen LogP contribution in [-0.2, 0) is 26.6 Å². The first-order valence-electron chi connectivity index (χ1n) is 6.20. The lowest BCUT2D eigenvalue weighted by atomic mass is 10.3. The van der Waals surface area contributed by atoms with Gasteiger partial charge in [0.05, 0.1) is 0 Å². The van der Waals surface area contributed by atoms with E-state index in [2.05, 4.69) is 45.0 Å². The number of rotatable bonds is 2. The van der Waals surface area contributed by atoms with Crippen LogP contribution in [0.1, 0.15) is 11.5 Å². The van der Waals surface area contributed by atoms with E-state index < -0.39 is 0 Å². The summed E-state index contributed by atoms with van der Waals surface area (Å²) in [7, 11) is 2.06. The van der Waals surface area contributed by atoms with Crippen molar-refractivity contribution in [1.82, 2.24) is 24.2 Å². The van der Waals surface area contributed by atoms with Crippen LogP contribution in [0.15, 0.2) is 23.1 Å². The molecule has 0 fully saturated rings. The average molecular weight is 247 g/mol. The second kappa shape index (κ2) is 4.45. The van der Waals surface area contributed by atoms with Crippen molar-refractivity contribution < 1.29 is 0 Å². The van der Waals surface area contributed by atoms with Crippen LogP contribution in [0.25, 0.3) is 0 Å². The standard InChI is InChI=1S/C12H17N5O/c1-15-5-2-3-10(15)9-16-6-4-11-13-14-12(18)17(11)8-7-16/h2-3,5H,4,6-9H2,1H3,(H,14,18). The van der Waals surface area contributed by atoms with Gasteiger partial charge in [0, 0.05) is 51.5 Å². The van der Waals surface area contributed by atoms with E-state index in [0.29, 0.717) is 0 Å². The van der Waals surface area contributed by atoms with E-state index in [1.807, 2.05) is 0 Å². The molecule has 0 saturated carbocycles. The van der Waals surface area contributed by atoms with Gasteiger partial charge in [-0.05, 0) is 12.1 Å². The molecule has 0 aliphatic carbocycles. The zero-order valence-corrected chi connectivity index (χ0v) is 10.5. The molecule has 6 nitrogen and oxygen atoms in total. The molecule has 0 spiro atoms. The van der Waals surface area contributed by atoms with Crippen LogP contribution in [0.3, 0.4) is 0 Å². The van der Waals surface area contributed by atoms with Crippen LogP contribution in [0, 0.1) is 0 Å². The van der Waals surface area contributed by atoms with Gasteiger partial charge in [0.15, 0.2) is 0 Å². The van der Waals surface area contributed by atoms with Crippen molar-refractivity contribution in [2.75, 3.05) is 13.1 Å². The fourth-order valence-corrected chi connectivity index (χ4v) is 2.43. The summed E-state index contributed by atoms with van der Waals surface area (Å²) in [5, 5.41) is 6.57. The maximum Gasteiger partial charge on any atom is 0.343 e. The van der Waals surface area contributed by atoms with Crippen LogP contribution in [0.2, 0.25) is 0 Å². The molecule has 96 valence electrons. The lowest BCUT2D eigenvalue weighted by Crippen LogP contribution is -2.29. The molecule has 0 unspecified atom stereocenters. The van der Waals surface area contributed by atoms with E-state index in [1.165, 1.54) is 5.69 Å². The molecule has 6 heteroatoms. The zero-order valence-electron chi connectivity index (χ0n) is 10.5. The van der Waals surface area contributed by atoms with E-state index in [4.69, 9.17) is 0 Å². The van der Waals surface area contributed by atoms with Crippen LogP contribution < -0.4 is 5.69 Å². The Bertz CT molecular complexity index is 594. The summed E-state index contributed by atoms with van der Waals surface area (Å²) in [6, 6.07) is 4.19. The highest BCUT2D eigenvalue weighted by molar-refractivity contribution is 5.06. The summed E-state index contributed by atoms with van der Waals surface area (Å²) in [5.41, 5.74) is 1.20. The van der Waals surface area contributed by atoms with Gasteiger partial charge in [-0.15, -0.1) is 0 Å². The van der Waals surface area contributed by atoms with E-state index in [-0.39, 0.29) is 5.69 Å². The Kier molecular flexibility index (Phi) is 2.79. The van der Waals surface area contributed by atoms with E-state index in [0.717, 1.165) is 38.4 Å². The number of aryl methyl sites for hydroxylation is 1. The fraction of sp³-hybridized carbons (Fsp3) is 0.500. The number of H-pyrrole nitrogens is 1. The Balaban J connectivity index is 1.72. The van der Waals surface area contributed by atoms with Gasteiger partial charge in [-0.3, -0.25) is 9.47 Å². The first-order chi connectivity index (χ1) is 8.74. The Hall–Kier alpha value is -1.82. The van der Waals surface area contributed by atoms with Crippen molar-refractivity contribution in [2.45, 2.75) is 19.5 Å². The molecular formula is C12H17N5O. The van der Waals surface area contributed by atoms with Crippen molar-refractivity contribution >= 4 is 0 Å². The maximum atomic E-state index is 11.5. The monoisotopic (exact) mass is 247 g/mol. The normalized spacial score (nSPS) is 16.5. The highest BCUT2D eigenvalue weighted by Gasteiger charge is 2.17. The maximum absolute atomic E-state index is 11.5. The molecule has 2 aromatic rings. The molecule has 1 N–H and O–H groups in total. The molecule has 3 heterocycles. The number of aromatic nitrogens is 4. The van der Waals surface area contributed by atoms with Gasteiger partial charge in [-0.25, -0.2) is 9.89 Å². The van der Waals surface area contributed by atoms with E-state index in [9.17, 15) is 4.79 Å². The molecule has 3 rings (SSSR count). The Morgan fingerprint density at radius 2 is 2.28 bits per heavy atom. The molecule has 0 bridgehead atoms. The Morgan fingerprint density at radius 3 is 3.06 bits per heavy atom. The Labute approximate surface area is 105 Å². The highest BCUT2D eigenvalue weighted by atomic mass is 16.1. The van der Waals surface area contributed by atoms with Gasteiger partial charge >= 0.3 is 5.69 Å². The lowest BCUT2D eigenvalue weighted by Gasteiger charge is -2.19. The molecule has 1 aliphatic heterocycles. The number of nitrogens with zero attached hydrogens (tertiary/aromatic N) is 4. The molecule has 0 amide bonds. The van der Waals surface area contributed by atoms with Crippen molar-refractivity contribution in [2.24, 2.45) is 7.05 Å². The summed E-state index contributed by atoms with van der Waals surface area (Å²) in [4.78, 5) is 13.9. The number of hydrogen-bond donors (Lipinski definition) is 1. The minimum atomic E-state index is -0.0919. The highest BCUT2D eigenvalue weighted by Crippen LogP contribution is 2.09. The van der Waals surface area contributed by atoms with E-state index in [1.54, 1.807) is 4.57 Å². The van der Waals surface area contributed by atoms with Crippen molar-refractivity contribution in [3.8, 4) is 0 Å². The third-order valence-corrected chi connectivity index (χ3v) is 3.57. The largest absolute Gasteiger partial charge is 0.353 e. The molecular weight excluding hydrogens is 230 g/mol. The second-order valence-corrected chi connectivity index (χ2v) is 4.73. The van der Waals surface area contributed by atoms with Crippen molar-refractivity contribution in [1.29, 1.82) is 0 Å². The molecule has 0 atom stereocenters. The van der Waals surface area contributed by atoms with Crippen molar-refractivity contribution in [3.63, 3.8) is 0 Å². The molecule has 18 heavy (non-hydrogen) atoms. The summed E-state index contributed by atoms with van der Waals surface area (Å²) >= 11 is 0. The topological polar surface area (TPSA) is 58.9 Å². The smallest absolute Gasteiger partial charge is 0.343 e. The minimum Gasteiger partial charge on any atom is -0.353 e. The van der Waals surface area contributed by atoms with Crippen LogP contribution in [0.4, 0.5) is 0 Å². The fourth-order valence-electron chi connectivity index (χ4n) is 2.43. The molecule has 1 aliphatic rings. The van der Waals surface area contributed by atoms with Gasteiger partial charge in [0.2, 0.25) is 0 Å². The minimum absolute atomic E-state index is 0.0919. The zero-order chi connectivity index (χ0) is 12.5. The summed E-state index contributed by atoms with van der Waals surface area (Å²) < 4.78 is 3.88.